The Morgan fingerprint density at radius 2 is 1.81 bits per heavy atom. The predicted octanol–water partition coefficient (Wildman–Crippen LogP) is 2.32. The van der Waals surface area contributed by atoms with Crippen LogP contribution >= 0.6 is 11.8 Å². The van der Waals surface area contributed by atoms with Crippen molar-refractivity contribution in [1.29, 1.82) is 0 Å². The number of carbonyl (C=O) groups excluding carboxylic acids is 1. The molecule has 32 heavy (non-hydrogen) atoms. The topological polar surface area (TPSA) is 82.1 Å². The van der Waals surface area contributed by atoms with E-state index in [0.717, 1.165) is 30.5 Å². The molecule has 0 spiro atoms. The Bertz CT molecular complexity index is 1130. The zero-order chi connectivity index (χ0) is 22.1. The minimum atomic E-state index is -2.96. The van der Waals surface area contributed by atoms with Gasteiger partial charge in [0, 0.05) is 49.2 Å². The molecule has 0 radical (unpaired) electrons. The van der Waals surface area contributed by atoms with Gasteiger partial charge in [-0.15, -0.1) is 0 Å². The van der Waals surface area contributed by atoms with Crippen LogP contribution in [-0.4, -0.2) is 78.3 Å². The minimum Gasteiger partial charge on any atom is -0.336 e. The second kappa shape index (κ2) is 8.88. The lowest BCUT2D eigenvalue weighted by molar-refractivity contribution is 0.0628. The maximum absolute atomic E-state index is 13.1. The summed E-state index contributed by atoms with van der Waals surface area (Å²) in [5.74, 6) is 0.355. The monoisotopic (exact) mass is 470 g/mol. The predicted molar refractivity (Wildman–Crippen MR) is 129 cm³/mol. The van der Waals surface area contributed by atoms with E-state index in [0.29, 0.717) is 18.7 Å². The van der Waals surface area contributed by atoms with Crippen molar-refractivity contribution in [3.05, 3.63) is 65.7 Å². The molecule has 168 valence electrons. The summed E-state index contributed by atoms with van der Waals surface area (Å²) in [6, 6.07) is 17.7. The molecule has 2 aromatic carbocycles. The second-order valence-electron chi connectivity index (χ2n) is 8.49. The number of amides is 1. The number of nitrogens with zero attached hydrogens (tertiary/aromatic N) is 3. The molecular formula is C23H26N4O3S2. The fourth-order valence-corrected chi connectivity index (χ4v) is 8.08. The summed E-state index contributed by atoms with van der Waals surface area (Å²) < 4.78 is 23.5. The first-order chi connectivity index (χ1) is 15.4. The molecule has 1 amide bonds. The first-order valence-corrected chi connectivity index (χ1v) is 13.5. The van der Waals surface area contributed by atoms with E-state index in [4.69, 9.17) is 0 Å². The van der Waals surface area contributed by atoms with Gasteiger partial charge >= 0.3 is 0 Å². The first-order valence-electron chi connectivity index (χ1n) is 10.8. The lowest BCUT2D eigenvalue weighted by Gasteiger charge is -2.34. The molecule has 2 saturated heterocycles. The first kappa shape index (κ1) is 21.5. The quantitative estimate of drug-likeness (QED) is 0.739. The number of nitrogens with one attached hydrogen (secondary N) is 1. The highest BCUT2D eigenvalue weighted by Crippen LogP contribution is 2.34. The van der Waals surface area contributed by atoms with Crippen LogP contribution in [0.5, 0.6) is 0 Å². The van der Waals surface area contributed by atoms with Crippen LogP contribution in [0.25, 0.3) is 0 Å². The number of rotatable bonds is 4. The average molecular weight is 471 g/mol. The summed E-state index contributed by atoms with van der Waals surface area (Å²) >= 11 is 1.48. The number of hydrogen-bond acceptors (Lipinski definition) is 7. The van der Waals surface area contributed by atoms with Crippen molar-refractivity contribution < 1.29 is 13.2 Å². The van der Waals surface area contributed by atoms with E-state index in [1.165, 1.54) is 17.3 Å². The normalized spacial score (nSPS) is 24.8. The number of thioether (sulfide) groups is 1. The van der Waals surface area contributed by atoms with Crippen molar-refractivity contribution >= 4 is 38.4 Å². The van der Waals surface area contributed by atoms with Crippen molar-refractivity contribution in [3.8, 4) is 0 Å². The van der Waals surface area contributed by atoms with Crippen LogP contribution in [0, 0.1) is 0 Å². The Morgan fingerprint density at radius 3 is 2.56 bits per heavy atom. The summed E-state index contributed by atoms with van der Waals surface area (Å²) in [7, 11) is -2.96. The molecular weight excluding hydrogens is 444 g/mol. The molecule has 3 aliphatic heterocycles. The highest BCUT2D eigenvalue weighted by Gasteiger charge is 2.42. The van der Waals surface area contributed by atoms with Gasteiger partial charge in [0.2, 0.25) is 0 Å². The fraction of sp³-hybridized carbons (Fsp3) is 0.391. The van der Waals surface area contributed by atoms with E-state index in [-0.39, 0.29) is 28.7 Å². The zero-order valence-corrected chi connectivity index (χ0v) is 19.3. The Labute approximate surface area is 192 Å². The molecule has 0 aromatic heterocycles. The van der Waals surface area contributed by atoms with Crippen LogP contribution < -0.4 is 5.32 Å². The van der Waals surface area contributed by atoms with Crippen LogP contribution in [-0.2, 0) is 16.4 Å². The second-order valence-corrected chi connectivity index (χ2v) is 11.9. The zero-order valence-electron chi connectivity index (χ0n) is 17.7. The molecule has 1 N–H and O–H groups in total. The molecule has 5 rings (SSSR count). The number of hydrogen-bond donors (Lipinski definition) is 1. The number of amidine groups is 1. The van der Waals surface area contributed by atoms with Crippen LogP contribution in [0.1, 0.15) is 15.9 Å². The smallest absolute Gasteiger partial charge is 0.254 e. The molecule has 0 unspecified atom stereocenters. The molecule has 3 aliphatic rings. The van der Waals surface area contributed by atoms with E-state index in [9.17, 15) is 13.2 Å². The van der Waals surface area contributed by atoms with Crippen molar-refractivity contribution in [3.63, 3.8) is 0 Å². The van der Waals surface area contributed by atoms with Crippen LogP contribution in [0.15, 0.2) is 59.6 Å². The lowest BCUT2D eigenvalue weighted by atomic mass is 10.1. The van der Waals surface area contributed by atoms with Crippen molar-refractivity contribution in [2.45, 2.75) is 17.8 Å². The molecule has 2 fully saturated rings. The minimum absolute atomic E-state index is 0.000466. The van der Waals surface area contributed by atoms with Gasteiger partial charge in [-0.3, -0.25) is 14.7 Å². The van der Waals surface area contributed by atoms with Crippen LogP contribution in [0.2, 0.25) is 0 Å². The number of aliphatic imine (C=N–C) groups is 1. The SMILES string of the molecule is O=C(c1cccc(NC2=N[C@H]3CS(=O)(=O)C[C@H]3S2)c1)N1CCN(Cc2ccccc2)CC1. The number of benzene rings is 2. The Hall–Kier alpha value is -2.36. The molecule has 0 bridgehead atoms. The Morgan fingerprint density at radius 1 is 1.03 bits per heavy atom. The van der Waals surface area contributed by atoms with Crippen LogP contribution in [0.3, 0.4) is 0 Å². The van der Waals surface area contributed by atoms with Gasteiger partial charge in [0.05, 0.1) is 17.5 Å². The summed E-state index contributed by atoms with van der Waals surface area (Å²) in [4.78, 5) is 21.9. The van der Waals surface area contributed by atoms with Gasteiger partial charge in [-0.2, -0.15) is 0 Å². The van der Waals surface area contributed by atoms with Gasteiger partial charge in [-0.1, -0.05) is 48.2 Å². The highest BCUT2D eigenvalue weighted by molar-refractivity contribution is 8.15. The van der Waals surface area contributed by atoms with Crippen molar-refractivity contribution in [2.24, 2.45) is 4.99 Å². The molecule has 2 aromatic rings. The third-order valence-electron chi connectivity index (χ3n) is 6.09. The molecule has 9 heteroatoms. The van der Waals surface area contributed by atoms with Gasteiger partial charge in [-0.05, 0) is 23.8 Å². The molecule has 2 atom stereocenters. The number of piperazine rings is 1. The largest absolute Gasteiger partial charge is 0.336 e. The summed E-state index contributed by atoms with van der Waals surface area (Å²) in [5.41, 5.74) is 2.74. The number of sulfone groups is 1. The van der Waals surface area contributed by atoms with Crippen molar-refractivity contribution in [2.75, 3.05) is 43.0 Å². The Kier molecular flexibility index (Phi) is 5.96. The molecule has 0 saturated carbocycles. The summed E-state index contributed by atoms with van der Waals surface area (Å²) in [5, 5.41) is 4.00. The van der Waals surface area contributed by atoms with Crippen molar-refractivity contribution in [1.82, 2.24) is 9.80 Å². The third-order valence-corrected chi connectivity index (χ3v) is 9.23. The molecule has 3 heterocycles. The van der Waals surface area contributed by atoms with E-state index >= 15 is 0 Å². The van der Waals surface area contributed by atoms with Crippen LogP contribution in [0.4, 0.5) is 5.69 Å². The van der Waals surface area contributed by atoms with E-state index in [1.807, 2.05) is 35.2 Å². The van der Waals surface area contributed by atoms with E-state index in [1.54, 1.807) is 0 Å². The Balaban J connectivity index is 1.17. The standard InChI is InChI=1S/C23H26N4O3S2/c28-22(27-11-9-26(10-12-27)14-17-5-2-1-3-6-17)18-7-4-8-19(13-18)24-23-25-20-15-32(29,30)16-21(20)31-23/h1-8,13,20-21H,9-12,14-16H2,(H,24,25)/t20-,21+/m0/s1. The summed E-state index contributed by atoms with van der Waals surface area (Å²) in [6.45, 7) is 4.05. The van der Waals surface area contributed by atoms with Gasteiger partial charge in [0.25, 0.3) is 5.91 Å². The lowest BCUT2D eigenvalue weighted by Crippen LogP contribution is -2.48. The van der Waals surface area contributed by atoms with Gasteiger partial charge in [0.1, 0.15) is 0 Å². The average Bonchev–Trinajstić information content (AvgIpc) is 3.27. The van der Waals surface area contributed by atoms with E-state index in [2.05, 4.69) is 39.5 Å². The maximum Gasteiger partial charge on any atom is 0.254 e. The van der Waals surface area contributed by atoms with Gasteiger partial charge < -0.3 is 10.2 Å². The van der Waals surface area contributed by atoms with E-state index < -0.39 is 9.84 Å². The molecule has 0 aliphatic carbocycles. The van der Waals surface area contributed by atoms with Gasteiger partial charge in [0.15, 0.2) is 15.0 Å². The summed E-state index contributed by atoms with van der Waals surface area (Å²) in [6.07, 6.45) is 0. The third kappa shape index (κ3) is 4.84. The number of anilines is 1. The number of carbonyl (C=O) groups is 1. The number of fused-ring (bicyclic) bond motifs is 1. The van der Waals surface area contributed by atoms with Gasteiger partial charge in [-0.25, -0.2) is 8.42 Å². The maximum atomic E-state index is 13.1. The highest BCUT2D eigenvalue weighted by atomic mass is 32.2. The molecule has 7 nitrogen and oxygen atoms in total. The fourth-order valence-electron chi connectivity index (χ4n) is 4.40.